The molecule has 2 rings (SSSR count). The Kier molecular flexibility index (Phi) is 6.49. The molecule has 6 heteroatoms. The molecule has 0 saturated carbocycles. The van der Waals surface area contributed by atoms with Crippen LogP contribution in [0, 0.1) is 9.39 Å². The number of benzene rings is 1. The van der Waals surface area contributed by atoms with E-state index in [9.17, 15) is 9.18 Å². The Morgan fingerprint density at radius 2 is 2.26 bits per heavy atom. The zero-order valence-electron chi connectivity index (χ0n) is 10.6. The highest BCUT2D eigenvalue weighted by atomic mass is 127. The molecule has 0 bridgehead atoms. The normalized spacial score (nSPS) is 22.5. The van der Waals surface area contributed by atoms with Crippen LogP contribution < -0.4 is 10.6 Å². The lowest BCUT2D eigenvalue weighted by molar-refractivity contribution is 0.0925. The third kappa shape index (κ3) is 4.57. The van der Waals surface area contributed by atoms with Gasteiger partial charge in [0.1, 0.15) is 5.82 Å². The van der Waals surface area contributed by atoms with Crippen molar-refractivity contribution in [3.63, 3.8) is 0 Å². The molecule has 0 radical (unpaired) electrons. The molecular formula is C13H17ClFIN2O. The first kappa shape index (κ1) is 16.7. The summed E-state index contributed by atoms with van der Waals surface area (Å²) in [5.41, 5.74) is 0.388. The molecule has 106 valence electrons. The van der Waals surface area contributed by atoms with E-state index in [4.69, 9.17) is 0 Å². The molecule has 2 unspecified atom stereocenters. The molecule has 1 fully saturated rings. The molecule has 0 spiro atoms. The topological polar surface area (TPSA) is 41.1 Å². The Balaban J connectivity index is 0.00000180. The second-order valence-electron chi connectivity index (χ2n) is 4.68. The Morgan fingerprint density at radius 1 is 1.53 bits per heavy atom. The molecule has 0 aromatic heterocycles. The molecule has 3 nitrogen and oxygen atoms in total. The molecule has 1 amide bonds. The lowest BCUT2D eigenvalue weighted by Crippen LogP contribution is -2.46. The molecule has 1 aliphatic rings. The van der Waals surface area contributed by atoms with Gasteiger partial charge >= 0.3 is 0 Å². The van der Waals surface area contributed by atoms with Crippen molar-refractivity contribution in [1.82, 2.24) is 10.6 Å². The summed E-state index contributed by atoms with van der Waals surface area (Å²) in [7, 11) is 0. The van der Waals surface area contributed by atoms with Crippen molar-refractivity contribution in [2.45, 2.75) is 31.8 Å². The van der Waals surface area contributed by atoms with Crippen LogP contribution in [0.3, 0.4) is 0 Å². The van der Waals surface area contributed by atoms with Gasteiger partial charge in [-0.05, 0) is 67.1 Å². The van der Waals surface area contributed by atoms with Gasteiger partial charge in [-0.25, -0.2) is 4.39 Å². The van der Waals surface area contributed by atoms with Gasteiger partial charge in [0, 0.05) is 21.2 Å². The van der Waals surface area contributed by atoms with Crippen molar-refractivity contribution < 1.29 is 9.18 Å². The summed E-state index contributed by atoms with van der Waals surface area (Å²) in [4.78, 5) is 12.0. The highest BCUT2D eigenvalue weighted by Gasteiger charge is 2.20. The van der Waals surface area contributed by atoms with Crippen molar-refractivity contribution in [3.8, 4) is 0 Å². The molecule has 0 aliphatic carbocycles. The average molecular weight is 399 g/mol. The minimum absolute atomic E-state index is 0. The summed E-state index contributed by atoms with van der Waals surface area (Å²) >= 11 is 1.91. The fraction of sp³-hybridized carbons (Fsp3) is 0.462. The summed E-state index contributed by atoms with van der Waals surface area (Å²) in [5.74, 6) is -0.536. The number of halogens is 3. The van der Waals surface area contributed by atoms with Crippen LogP contribution in [0.2, 0.25) is 0 Å². The number of carbonyl (C=O) groups excluding carboxylic acids is 1. The van der Waals surface area contributed by atoms with E-state index in [0.717, 1.165) is 19.4 Å². The van der Waals surface area contributed by atoms with E-state index in [2.05, 4.69) is 17.6 Å². The smallest absolute Gasteiger partial charge is 0.251 e. The van der Waals surface area contributed by atoms with Crippen LogP contribution in [0.15, 0.2) is 18.2 Å². The number of carbonyl (C=O) groups is 1. The molecule has 2 atom stereocenters. The predicted octanol–water partition coefficient (Wildman–Crippen LogP) is 2.72. The predicted molar refractivity (Wildman–Crippen MR) is 84.3 cm³/mol. The molecule has 1 heterocycles. The van der Waals surface area contributed by atoms with E-state index >= 15 is 0 Å². The lowest BCUT2D eigenvalue weighted by atomic mass is 10.0. The van der Waals surface area contributed by atoms with Gasteiger partial charge < -0.3 is 10.6 Å². The number of rotatable bonds is 2. The maximum atomic E-state index is 13.4. The van der Waals surface area contributed by atoms with Gasteiger partial charge in [-0.1, -0.05) is 0 Å². The first-order chi connectivity index (χ1) is 8.56. The van der Waals surface area contributed by atoms with E-state index in [0.29, 0.717) is 15.2 Å². The molecule has 1 aromatic rings. The second kappa shape index (κ2) is 7.40. The van der Waals surface area contributed by atoms with E-state index in [1.807, 2.05) is 22.6 Å². The Labute approximate surface area is 132 Å². The number of nitrogens with one attached hydrogen (secondary N) is 2. The Bertz CT molecular complexity index is 458. The number of hydrogen-bond donors (Lipinski definition) is 2. The van der Waals surface area contributed by atoms with E-state index in [1.165, 1.54) is 6.07 Å². The fourth-order valence-corrected chi connectivity index (χ4v) is 2.50. The standard InChI is InChI=1S/C13H16FIN2O.ClH/c1-8-6-10(4-5-16-8)17-13(18)9-2-3-12(15)11(14)7-9;/h2-3,7-8,10,16H,4-6H2,1H3,(H,17,18);1H. The van der Waals surface area contributed by atoms with Gasteiger partial charge in [-0.2, -0.15) is 0 Å². The van der Waals surface area contributed by atoms with E-state index < -0.39 is 0 Å². The number of piperidine rings is 1. The van der Waals surface area contributed by atoms with Crippen molar-refractivity contribution in [2.75, 3.05) is 6.54 Å². The lowest BCUT2D eigenvalue weighted by Gasteiger charge is -2.28. The molecule has 1 saturated heterocycles. The number of hydrogen-bond acceptors (Lipinski definition) is 2. The van der Waals surface area contributed by atoms with Gasteiger partial charge in [0.25, 0.3) is 5.91 Å². The van der Waals surface area contributed by atoms with E-state index in [1.54, 1.807) is 12.1 Å². The highest BCUT2D eigenvalue weighted by Crippen LogP contribution is 2.14. The summed E-state index contributed by atoms with van der Waals surface area (Å²) in [5, 5.41) is 6.29. The maximum absolute atomic E-state index is 13.4. The third-order valence-corrected chi connectivity index (χ3v) is 4.02. The maximum Gasteiger partial charge on any atom is 0.251 e. The van der Waals surface area contributed by atoms with Crippen molar-refractivity contribution in [1.29, 1.82) is 0 Å². The molecule has 19 heavy (non-hydrogen) atoms. The van der Waals surface area contributed by atoms with Gasteiger partial charge in [0.15, 0.2) is 0 Å². The zero-order valence-corrected chi connectivity index (χ0v) is 13.6. The zero-order chi connectivity index (χ0) is 13.1. The van der Waals surface area contributed by atoms with Crippen LogP contribution >= 0.6 is 35.0 Å². The van der Waals surface area contributed by atoms with Crippen LogP contribution in [0.4, 0.5) is 4.39 Å². The van der Waals surface area contributed by atoms with Crippen molar-refractivity contribution in [2.24, 2.45) is 0 Å². The average Bonchev–Trinajstić information content (AvgIpc) is 2.32. The quantitative estimate of drug-likeness (QED) is 0.752. The van der Waals surface area contributed by atoms with Gasteiger partial charge in [-0.15, -0.1) is 12.4 Å². The van der Waals surface area contributed by atoms with Gasteiger partial charge in [-0.3, -0.25) is 4.79 Å². The van der Waals surface area contributed by atoms with Crippen LogP contribution in [-0.2, 0) is 0 Å². The third-order valence-electron chi connectivity index (χ3n) is 3.14. The second-order valence-corrected chi connectivity index (χ2v) is 5.84. The summed E-state index contributed by atoms with van der Waals surface area (Å²) in [6.07, 6.45) is 1.83. The summed E-state index contributed by atoms with van der Waals surface area (Å²) < 4.78 is 13.9. The minimum atomic E-state index is -0.345. The van der Waals surface area contributed by atoms with Crippen LogP contribution in [0.1, 0.15) is 30.1 Å². The first-order valence-electron chi connectivity index (χ1n) is 6.05. The molecule has 1 aromatic carbocycles. The van der Waals surface area contributed by atoms with Crippen molar-refractivity contribution in [3.05, 3.63) is 33.1 Å². The molecular weight excluding hydrogens is 382 g/mol. The van der Waals surface area contributed by atoms with Crippen LogP contribution in [0.5, 0.6) is 0 Å². The molecule has 1 aliphatic heterocycles. The van der Waals surface area contributed by atoms with Gasteiger partial charge in [0.05, 0.1) is 0 Å². The van der Waals surface area contributed by atoms with Crippen LogP contribution in [-0.4, -0.2) is 24.5 Å². The number of amides is 1. The largest absolute Gasteiger partial charge is 0.349 e. The first-order valence-corrected chi connectivity index (χ1v) is 7.13. The SMILES string of the molecule is CC1CC(NC(=O)c2ccc(I)c(F)c2)CCN1.Cl. The van der Waals surface area contributed by atoms with E-state index in [-0.39, 0.29) is 30.2 Å². The van der Waals surface area contributed by atoms with Crippen molar-refractivity contribution >= 4 is 40.9 Å². The highest BCUT2D eigenvalue weighted by molar-refractivity contribution is 14.1. The van der Waals surface area contributed by atoms with Crippen LogP contribution in [0.25, 0.3) is 0 Å². The fourth-order valence-electron chi connectivity index (χ4n) is 2.17. The minimum Gasteiger partial charge on any atom is -0.349 e. The molecule has 2 N–H and O–H groups in total. The Morgan fingerprint density at radius 3 is 2.89 bits per heavy atom. The Hall–Kier alpha value is -0.400. The summed E-state index contributed by atoms with van der Waals surface area (Å²) in [6, 6.07) is 5.16. The van der Waals surface area contributed by atoms with Gasteiger partial charge in [0.2, 0.25) is 0 Å². The monoisotopic (exact) mass is 398 g/mol. The summed E-state index contributed by atoms with van der Waals surface area (Å²) in [6.45, 7) is 3.01.